The minimum absolute atomic E-state index is 0.0332. The van der Waals surface area contributed by atoms with Crippen molar-refractivity contribution in [3.8, 4) is 40.2 Å². The molecule has 47 heteroatoms. The summed E-state index contributed by atoms with van der Waals surface area (Å²) in [6.45, 7) is 9.39. The molecule has 0 saturated carbocycles. The van der Waals surface area contributed by atoms with Gasteiger partial charge in [-0.15, -0.1) is 0 Å². The van der Waals surface area contributed by atoms with E-state index in [2.05, 4.69) is 28.8 Å². The van der Waals surface area contributed by atoms with E-state index in [1.54, 1.807) is 105 Å². The van der Waals surface area contributed by atoms with Crippen LogP contribution in [-0.4, -0.2) is 145 Å². The van der Waals surface area contributed by atoms with Crippen LogP contribution in [-0.2, 0) is 122 Å². The summed E-state index contributed by atoms with van der Waals surface area (Å²) < 4.78 is 247. The molecule has 0 unspecified atom stereocenters. The molecule has 0 radical (unpaired) electrons. The monoisotopic (exact) mass is 2100 g/mol. The number of nitrogens with two attached hydrogens (primary N) is 3. The third-order valence-electron chi connectivity index (χ3n) is 19.2. The number of aromatic nitrogens is 2. The molecule has 0 spiro atoms. The molecule has 0 bridgehead atoms. The van der Waals surface area contributed by atoms with Crippen molar-refractivity contribution in [2.24, 2.45) is 22.5 Å². The summed E-state index contributed by atoms with van der Waals surface area (Å²) in [7, 11) is -26.0. The number of hydrogen-bond acceptors (Lipinski definition) is 30. The molecular weight excluding hydrogens is 2000 g/mol. The number of cyclic esters (lactones) is 2. The van der Waals surface area contributed by atoms with E-state index in [-0.39, 0.29) is 82.8 Å². The van der Waals surface area contributed by atoms with Crippen molar-refractivity contribution in [1.82, 2.24) is 9.55 Å². The minimum Gasteiger partial charge on any atom is -0.457 e. The van der Waals surface area contributed by atoms with Crippen LogP contribution < -0.4 is 53.3 Å². The Morgan fingerprint density at radius 3 is 1.38 bits per heavy atom. The number of para-hydroxylation sites is 1. The van der Waals surface area contributed by atoms with E-state index in [9.17, 15) is 86.1 Å². The lowest BCUT2D eigenvalue weighted by molar-refractivity contribution is -0.160. The number of halogens is 1. The van der Waals surface area contributed by atoms with Crippen molar-refractivity contribution in [2.75, 3.05) is 63.9 Å². The fourth-order valence-electron chi connectivity index (χ4n) is 12.9. The number of primary sulfonamides is 3. The third kappa shape index (κ3) is 32.4. The van der Waals surface area contributed by atoms with Crippen LogP contribution in [0.15, 0.2) is 295 Å². The molecule has 736 valence electrons. The molecule has 15 rings (SSSR count). The molecule has 12 aromatic rings. The highest BCUT2D eigenvalue weighted by Gasteiger charge is 2.43. The molecule has 0 saturated heterocycles. The quantitative estimate of drug-likeness (QED) is 0.0104. The number of aryl methyl sites for hydroxylation is 5. The zero-order valence-corrected chi connectivity index (χ0v) is 84.1. The van der Waals surface area contributed by atoms with Crippen molar-refractivity contribution in [2.45, 2.75) is 87.6 Å². The van der Waals surface area contributed by atoms with Crippen LogP contribution in [0.5, 0.6) is 40.2 Å². The molecule has 11 aromatic carbocycles. The van der Waals surface area contributed by atoms with Gasteiger partial charge in [-0.05, 0) is 208 Å². The van der Waals surface area contributed by atoms with Gasteiger partial charge in [0.2, 0.25) is 75.9 Å². The average molecular weight is 2100 g/mol. The fourth-order valence-corrected chi connectivity index (χ4v) is 18.8. The molecular formula is C92H94FN9O27S10. The van der Waals surface area contributed by atoms with Crippen LogP contribution >= 0.6 is 23.8 Å². The predicted octanol–water partition coefficient (Wildman–Crippen LogP) is 14.6. The second-order valence-electron chi connectivity index (χ2n) is 31.3. The molecule has 3 heterocycles. The number of carbonyl (C=O) groups excluding carboxylic acids is 3. The van der Waals surface area contributed by atoms with Gasteiger partial charge in [-0.3, -0.25) is 23.7 Å². The molecule has 2 aliphatic heterocycles. The lowest BCUT2D eigenvalue weighted by atomic mass is 9.92. The number of ether oxygens (including phenoxy) is 6. The van der Waals surface area contributed by atoms with Gasteiger partial charge in [0.25, 0.3) is 0 Å². The van der Waals surface area contributed by atoms with E-state index in [0.717, 1.165) is 98.9 Å². The molecule has 139 heavy (non-hydrogen) atoms. The standard InChI is InChI=1S/C19H18O5S.C17H16FNO4S.C17H14O4S.2C14H16N2O5S2.C11H14N4O4S3/c1-19(2)16(13-9-11-15(12-10-13)25(3,21)22)17(18(20)24-19)23-14-7-5-4-6-8-14;1-10-3-6-16(13(18)7-10)23-17-9-12-11(4-5-15(12)20)8-14(17)19-24(2,21)22;1-19-21-22-14-9-7-12(8-10-14)15-11-20-17(18)16(15)13-5-3-2-4-6-13;2*1-10-3-5-11(6-4-10)21-14-9-12(23(15,19)20)7-8-13(14)16-22(2,17)18;1-15-6-5-13-11(15)20-10-7-8(22(12,18)19)3-4-9(10)14-21(2,16)17/h4-12H,1-3H3;3,6-9,19H,4-5H2,1-2H3;2-10H,11H2,1H3;2*3-9,16H,1-2H3,(H2,15,19,20);3-7,14H,1-2H3,(H2,12,18,19). The molecule has 0 atom stereocenters. The molecule has 3 aliphatic rings. The number of carbonyl (C=O) groups is 3. The summed E-state index contributed by atoms with van der Waals surface area (Å²) in [5, 5.41) is 15.9. The number of nitrogens with one attached hydrogen (secondary N) is 4. The molecule has 36 nitrogen and oxygen atoms in total. The SMILES string of the molecule is CC1(C)OC(=O)C(Oc2ccccc2)=C1c1ccc(S(C)(=O)=O)cc1.COOSc1ccc(C2=C(c3ccccc3)C(=O)OC2)cc1.Cc1ccc(Oc2cc(S(N)(=O)=O)ccc2NS(C)(=O)=O)cc1.Cc1ccc(Oc2cc(S(N)(=O)=O)ccc2NS(C)(=O)=O)cc1.Cc1ccc(Oc2cc3c(cc2NS(C)(=O)=O)CCC3=O)c(F)c1.Cn1ccnc1Sc1cc(S(N)(=O)=O)ccc1NS(C)(=O)=O. The van der Waals surface area contributed by atoms with Gasteiger partial charge < -0.3 is 33.0 Å². The Morgan fingerprint density at radius 1 is 0.453 bits per heavy atom. The first-order chi connectivity index (χ1) is 64.8. The minimum atomic E-state index is -3.94. The lowest BCUT2D eigenvalue weighted by Crippen LogP contribution is -2.22. The highest BCUT2D eigenvalue weighted by molar-refractivity contribution is 7.99. The van der Waals surface area contributed by atoms with Crippen LogP contribution in [0.1, 0.15) is 69.6 Å². The Labute approximate surface area is 813 Å². The van der Waals surface area contributed by atoms with Gasteiger partial charge in [-0.2, -0.15) is 4.33 Å². The Kier molecular flexibility index (Phi) is 35.3. The zero-order chi connectivity index (χ0) is 102. The molecule has 0 fully saturated rings. The number of Topliss-reactive ketones (excluding diaryl/α,β-unsaturated/α-hetero) is 1. The average Bonchev–Trinajstić information content (AvgIpc) is 1.60. The van der Waals surface area contributed by atoms with Crippen molar-refractivity contribution in [1.29, 1.82) is 0 Å². The van der Waals surface area contributed by atoms with E-state index in [0.29, 0.717) is 69.0 Å². The van der Waals surface area contributed by atoms with Gasteiger partial charge in [0.05, 0.1) is 97.7 Å². The maximum atomic E-state index is 14.0. The first kappa shape index (κ1) is 108. The zero-order valence-electron chi connectivity index (χ0n) is 76.0. The Bertz CT molecular complexity index is 7510. The van der Waals surface area contributed by atoms with E-state index < -0.39 is 97.4 Å². The van der Waals surface area contributed by atoms with Crippen molar-refractivity contribution >= 4 is 161 Å². The van der Waals surface area contributed by atoms with Crippen LogP contribution in [0.4, 0.5) is 27.1 Å². The van der Waals surface area contributed by atoms with E-state index in [4.69, 9.17) is 48.2 Å². The highest BCUT2D eigenvalue weighted by atomic mass is 32.2. The molecule has 10 N–H and O–H groups in total. The highest BCUT2D eigenvalue weighted by Crippen LogP contribution is 2.44. The molecule has 0 amide bonds. The number of rotatable bonds is 28. The second-order valence-corrected chi connectivity index (χ2v) is 46.8. The Balaban J connectivity index is 0.000000172. The number of benzene rings is 11. The van der Waals surface area contributed by atoms with E-state index in [1.165, 1.54) is 92.0 Å². The molecule has 1 aromatic heterocycles. The summed E-state index contributed by atoms with van der Waals surface area (Å²) in [5.74, 6) is 0.199. The maximum absolute atomic E-state index is 14.0. The summed E-state index contributed by atoms with van der Waals surface area (Å²) in [6.07, 6.45) is 9.36. The van der Waals surface area contributed by atoms with Gasteiger partial charge in [0, 0.05) is 65.2 Å². The van der Waals surface area contributed by atoms with Gasteiger partial charge in [-0.25, -0.2) is 107 Å². The number of fused-ring (bicyclic) bond motifs is 1. The number of hydrogen-bond donors (Lipinski definition) is 7. The van der Waals surface area contributed by atoms with Gasteiger partial charge in [0.1, 0.15) is 29.5 Å². The normalized spacial score (nSPS) is 13.5. The topological polar surface area (TPSA) is 542 Å². The second kappa shape index (κ2) is 45.4. The first-order valence-electron chi connectivity index (χ1n) is 40.5. The Morgan fingerprint density at radius 2 is 0.906 bits per heavy atom. The fraction of sp³-hybridized carbons (Fsp3) is 0.174. The van der Waals surface area contributed by atoms with Gasteiger partial charge in [-0.1, -0.05) is 114 Å². The van der Waals surface area contributed by atoms with E-state index in [1.807, 2.05) is 111 Å². The van der Waals surface area contributed by atoms with Gasteiger partial charge in [0.15, 0.2) is 49.6 Å². The van der Waals surface area contributed by atoms with Gasteiger partial charge >= 0.3 is 11.9 Å². The van der Waals surface area contributed by atoms with Crippen molar-refractivity contribution in [3.63, 3.8) is 0 Å². The maximum Gasteiger partial charge on any atom is 0.375 e. The number of anilines is 4. The van der Waals surface area contributed by atoms with Crippen LogP contribution in [0, 0.1) is 26.6 Å². The number of sulfone groups is 1. The molecule has 1 aliphatic carbocycles. The smallest absolute Gasteiger partial charge is 0.375 e. The predicted molar refractivity (Wildman–Crippen MR) is 526 cm³/mol. The third-order valence-corrected chi connectivity index (χ3v) is 27.2. The number of sulfonamides is 7. The lowest BCUT2D eigenvalue weighted by Gasteiger charge is -2.21. The van der Waals surface area contributed by atoms with E-state index >= 15 is 0 Å². The number of ketones is 1. The van der Waals surface area contributed by atoms with Crippen LogP contribution in [0.25, 0.3) is 16.7 Å². The first-order valence-corrected chi connectivity index (χ1v) is 56.2. The summed E-state index contributed by atoms with van der Waals surface area (Å²) in [4.78, 5) is 46.0. The number of nitrogens with zero attached hydrogens (tertiary/aromatic N) is 2. The summed E-state index contributed by atoms with van der Waals surface area (Å²) in [5.41, 5.74) is 8.43. The largest absolute Gasteiger partial charge is 0.457 e. The Hall–Kier alpha value is -12.9. The summed E-state index contributed by atoms with van der Waals surface area (Å²) in [6, 6.07) is 65.3. The van der Waals surface area contributed by atoms with Crippen molar-refractivity contribution < 1.29 is 124 Å². The van der Waals surface area contributed by atoms with Crippen molar-refractivity contribution in [3.05, 3.63) is 311 Å². The number of imidazole rings is 1. The summed E-state index contributed by atoms with van der Waals surface area (Å²) >= 11 is 2.26. The number of esters is 2. The van der Waals surface area contributed by atoms with Crippen LogP contribution in [0.3, 0.4) is 0 Å². The van der Waals surface area contributed by atoms with Crippen LogP contribution in [0.2, 0.25) is 0 Å².